The van der Waals surface area contributed by atoms with Gasteiger partial charge in [0, 0.05) is 12.6 Å². The number of aliphatic hydroxyl groups excluding tert-OH is 1. The Labute approximate surface area is 116 Å². The van der Waals surface area contributed by atoms with Gasteiger partial charge in [-0.3, -0.25) is 4.79 Å². The molecule has 0 bridgehead atoms. The summed E-state index contributed by atoms with van der Waals surface area (Å²) in [6.07, 6.45) is 1.91. The summed E-state index contributed by atoms with van der Waals surface area (Å²) in [5.41, 5.74) is 5.82. The maximum absolute atomic E-state index is 12.5. The number of piperidine rings is 1. The fraction of sp³-hybridized carbons (Fsp3) is 0.929. The quantitative estimate of drug-likeness (QED) is 0.770. The molecule has 1 aliphatic heterocycles. The van der Waals surface area contributed by atoms with Gasteiger partial charge in [-0.25, -0.2) is 0 Å². The zero-order valence-electron chi connectivity index (χ0n) is 12.7. The predicted octanol–water partition coefficient (Wildman–Crippen LogP) is 0.275. The molecule has 0 aromatic rings. The highest BCUT2D eigenvalue weighted by atomic mass is 16.3. The standard InChI is InChI=1S/C14H29N3O2/c1-14(2,3)12(15)13(19)17(9-10-18)11-5-7-16(4)8-6-11/h11-12,18H,5-10,15H2,1-4H3. The van der Waals surface area contributed by atoms with Crippen molar-refractivity contribution in [2.24, 2.45) is 11.1 Å². The molecule has 0 radical (unpaired) electrons. The molecule has 1 fully saturated rings. The zero-order valence-corrected chi connectivity index (χ0v) is 12.7. The first-order valence-corrected chi connectivity index (χ1v) is 7.13. The molecule has 0 saturated carbocycles. The number of hydrogen-bond donors (Lipinski definition) is 2. The second-order valence-electron chi connectivity index (χ2n) is 6.63. The van der Waals surface area contributed by atoms with Crippen LogP contribution in [0.25, 0.3) is 0 Å². The van der Waals surface area contributed by atoms with Gasteiger partial charge in [0.2, 0.25) is 5.91 Å². The maximum atomic E-state index is 12.5. The summed E-state index contributed by atoms with van der Waals surface area (Å²) in [7, 11) is 2.09. The van der Waals surface area contributed by atoms with Gasteiger partial charge in [-0.2, -0.15) is 0 Å². The molecular weight excluding hydrogens is 242 g/mol. The minimum Gasteiger partial charge on any atom is -0.395 e. The summed E-state index contributed by atoms with van der Waals surface area (Å²) in [6, 6.07) is -0.303. The van der Waals surface area contributed by atoms with E-state index in [-0.39, 0.29) is 24.0 Å². The summed E-state index contributed by atoms with van der Waals surface area (Å²) in [5.74, 6) is -0.0314. The molecule has 0 aromatic carbocycles. The highest BCUT2D eigenvalue weighted by Gasteiger charge is 2.34. The Hall–Kier alpha value is -0.650. The summed E-state index contributed by atoms with van der Waals surface area (Å²) < 4.78 is 0. The fourth-order valence-electron chi connectivity index (χ4n) is 2.44. The number of nitrogens with zero attached hydrogens (tertiary/aromatic N) is 2. The van der Waals surface area contributed by atoms with Crippen LogP contribution in [0.4, 0.5) is 0 Å². The number of carbonyl (C=O) groups is 1. The van der Waals surface area contributed by atoms with Crippen LogP contribution in [-0.2, 0) is 4.79 Å². The fourth-order valence-corrected chi connectivity index (χ4v) is 2.44. The van der Waals surface area contributed by atoms with Crippen molar-refractivity contribution in [2.45, 2.75) is 45.7 Å². The van der Waals surface area contributed by atoms with Crippen molar-refractivity contribution < 1.29 is 9.90 Å². The van der Waals surface area contributed by atoms with Gasteiger partial charge in [-0.05, 0) is 38.4 Å². The normalized spacial score (nSPS) is 20.3. The predicted molar refractivity (Wildman–Crippen MR) is 76.7 cm³/mol. The van der Waals surface area contributed by atoms with Crippen molar-refractivity contribution in [1.29, 1.82) is 0 Å². The smallest absolute Gasteiger partial charge is 0.240 e. The van der Waals surface area contributed by atoms with Crippen LogP contribution in [-0.4, -0.2) is 66.2 Å². The van der Waals surface area contributed by atoms with Crippen LogP contribution in [0.5, 0.6) is 0 Å². The molecule has 1 heterocycles. The van der Waals surface area contributed by atoms with Crippen LogP contribution in [0.15, 0.2) is 0 Å². The Morgan fingerprint density at radius 1 is 1.42 bits per heavy atom. The molecule has 1 aliphatic rings. The lowest BCUT2D eigenvalue weighted by atomic mass is 9.86. The van der Waals surface area contributed by atoms with Crippen LogP contribution >= 0.6 is 0 Å². The molecule has 0 aliphatic carbocycles. The number of likely N-dealkylation sites (tertiary alicyclic amines) is 1. The minimum absolute atomic E-state index is 0.00502. The molecule has 112 valence electrons. The molecule has 3 N–H and O–H groups in total. The van der Waals surface area contributed by atoms with E-state index in [9.17, 15) is 9.90 Å². The molecule has 5 heteroatoms. The second kappa shape index (κ2) is 6.68. The third-order valence-corrected chi connectivity index (χ3v) is 3.95. The average Bonchev–Trinajstić information content (AvgIpc) is 2.34. The van der Waals surface area contributed by atoms with E-state index in [1.54, 1.807) is 4.90 Å². The van der Waals surface area contributed by atoms with E-state index in [1.807, 2.05) is 20.8 Å². The summed E-state index contributed by atoms with van der Waals surface area (Å²) >= 11 is 0. The lowest BCUT2D eigenvalue weighted by molar-refractivity contribution is -0.139. The SMILES string of the molecule is CN1CCC(N(CCO)C(=O)C(N)C(C)(C)C)CC1. The van der Waals surface area contributed by atoms with Crippen LogP contribution in [0, 0.1) is 5.41 Å². The minimum atomic E-state index is -0.515. The Balaban J connectivity index is 2.74. The molecule has 0 spiro atoms. The molecule has 1 amide bonds. The van der Waals surface area contributed by atoms with Crippen LogP contribution in [0.2, 0.25) is 0 Å². The lowest BCUT2D eigenvalue weighted by Crippen LogP contribution is -2.56. The number of hydrogen-bond acceptors (Lipinski definition) is 4. The first-order chi connectivity index (χ1) is 8.77. The van der Waals surface area contributed by atoms with Gasteiger partial charge in [0.25, 0.3) is 0 Å². The highest BCUT2D eigenvalue weighted by molar-refractivity contribution is 5.82. The Morgan fingerprint density at radius 2 is 1.95 bits per heavy atom. The van der Waals surface area contributed by atoms with Gasteiger partial charge in [0.1, 0.15) is 0 Å². The molecule has 5 nitrogen and oxygen atoms in total. The highest BCUT2D eigenvalue weighted by Crippen LogP contribution is 2.22. The Bertz CT molecular complexity index is 294. The average molecular weight is 271 g/mol. The van der Waals surface area contributed by atoms with Crippen LogP contribution in [0.3, 0.4) is 0 Å². The van der Waals surface area contributed by atoms with E-state index in [4.69, 9.17) is 5.73 Å². The van der Waals surface area contributed by atoms with Crippen molar-refractivity contribution in [3.63, 3.8) is 0 Å². The first kappa shape index (κ1) is 16.4. The number of carbonyl (C=O) groups excluding carboxylic acids is 1. The molecule has 1 unspecified atom stereocenters. The maximum Gasteiger partial charge on any atom is 0.240 e. The summed E-state index contributed by atoms with van der Waals surface area (Å²) in [6.45, 7) is 8.28. The molecule has 19 heavy (non-hydrogen) atoms. The van der Waals surface area contributed by atoms with Crippen LogP contribution < -0.4 is 5.73 Å². The Morgan fingerprint density at radius 3 is 2.37 bits per heavy atom. The van der Waals surface area contributed by atoms with E-state index in [2.05, 4.69) is 11.9 Å². The zero-order chi connectivity index (χ0) is 14.6. The van der Waals surface area contributed by atoms with Gasteiger partial charge >= 0.3 is 0 Å². The van der Waals surface area contributed by atoms with E-state index in [0.29, 0.717) is 6.54 Å². The van der Waals surface area contributed by atoms with E-state index < -0.39 is 6.04 Å². The summed E-state index contributed by atoms with van der Waals surface area (Å²) in [5, 5.41) is 9.21. The van der Waals surface area contributed by atoms with Crippen molar-refractivity contribution in [2.75, 3.05) is 33.3 Å². The van der Waals surface area contributed by atoms with Crippen molar-refractivity contribution in [1.82, 2.24) is 9.80 Å². The van der Waals surface area contributed by atoms with Gasteiger partial charge in [0.05, 0.1) is 12.6 Å². The monoisotopic (exact) mass is 271 g/mol. The van der Waals surface area contributed by atoms with Gasteiger partial charge < -0.3 is 20.6 Å². The van der Waals surface area contributed by atoms with E-state index in [1.165, 1.54) is 0 Å². The van der Waals surface area contributed by atoms with Gasteiger partial charge in [0.15, 0.2) is 0 Å². The third kappa shape index (κ3) is 4.44. The number of nitrogens with two attached hydrogens (primary N) is 1. The third-order valence-electron chi connectivity index (χ3n) is 3.95. The molecular formula is C14H29N3O2. The van der Waals surface area contributed by atoms with Gasteiger partial charge in [-0.1, -0.05) is 20.8 Å². The lowest BCUT2D eigenvalue weighted by Gasteiger charge is -2.40. The molecule has 0 aromatic heterocycles. The largest absolute Gasteiger partial charge is 0.395 e. The summed E-state index contributed by atoms with van der Waals surface area (Å²) in [4.78, 5) is 16.6. The van der Waals surface area contributed by atoms with Gasteiger partial charge in [-0.15, -0.1) is 0 Å². The topological polar surface area (TPSA) is 69.8 Å². The van der Waals surface area contributed by atoms with Crippen molar-refractivity contribution >= 4 is 5.91 Å². The number of rotatable bonds is 4. The van der Waals surface area contributed by atoms with Crippen molar-refractivity contribution in [3.8, 4) is 0 Å². The van der Waals surface area contributed by atoms with E-state index >= 15 is 0 Å². The van der Waals surface area contributed by atoms with E-state index in [0.717, 1.165) is 25.9 Å². The Kier molecular flexibility index (Phi) is 5.77. The van der Waals surface area contributed by atoms with Crippen molar-refractivity contribution in [3.05, 3.63) is 0 Å². The molecule has 1 saturated heterocycles. The first-order valence-electron chi connectivity index (χ1n) is 7.13. The number of amides is 1. The molecule has 1 atom stereocenters. The second-order valence-corrected chi connectivity index (χ2v) is 6.63. The molecule has 1 rings (SSSR count). The number of aliphatic hydroxyl groups is 1. The van der Waals surface area contributed by atoms with Crippen LogP contribution in [0.1, 0.15) is 33.6 Å².